The SMILES string of the molecule is C=C[C@@H]1C[C@]1(CC(=O)[C@@H]1C[C@@H]2CN1C(=O)[C@H](C(C)C)NC(=O)CCCCCCCc1cccc3c1CN(C3)C(=O)O2)C(=O)NS(=O)(=O)C1CC1. The van der Waals surface area contributed by atoms with Gasteiger partial charge in [-0.15, -0.1) is 6.58 Å². The molecule has 3 aliphatic heterocycles. The van der Waals surface area contributed by atoms with E-state index in [0.717, 1.165) is 43.2 Å². The summed E-state index contributed by atoms with van der Waals surface area (Å²) in [6.07, 6.45) is 7.00. The van der Waals surface area contributed by atoms with Crippen LogP contribution in [0.4, 0.5) is 4.79 Å². The second-order valence-electron chi connectivity index (χ2n) is 15.2. The highest BCUT2D eigenvalue weighted by Gasteiger charge is 2.61. The lowest BCUT2D eigenvalue weighted by molar-refractivity contribution is -0.142. The predicted molar refractivity (Wildman–Crippen MR) is 185 cm³/mol. The van der Waals surface area contributed by atoms with E-state index in [4.69, 9.17) is 4.74 Å². The van der Waals surface area contributed by atoms with Crippen molar-refractivity contribution >= 4 is 39.6 Å². The van der Waals surface area contributed by atoms with Gasteiger partial charge in [0.15, 0.2) is 5.78 Å². The second-order valence-corrected chi connectivity index (χ2v) is 17.2. The topological polar surface area (TPSA) is 159 Å². The van der Waals surface area contributed by atoms with E-state index < -0.39 is 68.5 Å². The molecule has 1 saturated heterocycles. The lowest BCUT2D eigenvalue weighted by Gasteiger charge is -2.31. The maximum absolute atomic E-state index is 14.2. The highest BCUT2D eigenvalue weighted by atomic mass is 32.2. The van der Waals surface area contributed by atoms with Crippen molar-refractivity contribution in [3.8, 4) is 0 Å². The number of aryl methyl sites for hydroxylation is 1. The molecule has 3 heterocycles. The van der Waals surface area contributed by atoms with Gasteiger partial charge in [-0.1, -0.05) is 57.4 Å². The minimum atomic E-state index is -3.84. The van der Waals surface area contributed by atoms with Gasteiger partial charge in [-0.3, -0.25) is 28.8 Å². The quantitative estimate of drug-likeness (QED) is 0.385. The van der Waals surface area contributed by atoms with Crippen molar-refractivity contribution in [1.82, 2.24) is 19.8 Å². The summed E-state index contributed by atoms with van der Waals surface area (Å²) in [4.78, 5) is 71.5. The molecule has 2 aliphatic carbocycles. The fraction of sp³-hybridized carbons (Fsp3) is 0.649. The first-order valence-electron chi connectivity index (χ1n) is 18.2. The molecule has 0 unspecified atom stereocenters. The molecule has 272 valence electrons. The average molecular weight is 711 g/mol. The number of benzene rings is 1. The Morgan fingerprint density at radius 2 is 1.76 bits per heavy atom. The molecule has 1 aromatic carbocycles. The van der Waals surface area contributed by atoms with Crippen LogP contribution in [0.15, 0.2) is 30.9 Å². The second kappa shape index (κ2) is 14.5. The van der Waals surface area contributed by atoms with Crippen LogP contribution >= 0.6 is 0 Å². The van der Waals surface area contributed by atoms with Crippen molar-refractivity contribution in [2.24, 2.45) is 17.3 Å². The first-order chi connectivity index (χ1) is 23.8. The molecule has 4 amide bonds. The number of amides is 4. The van der Waals surface area contributed by atoms with Crippen molar-refractivity contribution in [2.75, 3.05) is 6.54 Å². The van der Waals surface area contributed by atoms with Crippen molar-refractivity contribution in [2.45, 2.75) is 127 Å². The highest BCUT2D eigenvalue weighted by Crippen LogP contribution is 2.57. The maximum atomic E-state index is 14.2. The Bertz CT molecular complexity index is 1660. The third-order valence-electron chi connectivity index (χ3n) is 11.2. The van der Waals surface area contributed by atoms with Crippen molar-refractivity contribution in [3.63, 3.8) is 0 Å². The fourth-order valence-corrected chi connectivity index (χ4v) is 9.27. The van der Waals surface area contributed by atoms with Crippen LogP contribution in [0, 0.1) is 17.3 Å². The van der Waals surface area contributed by atoms with Crippen LogP contribution in [0.25, 0.3) is 0 Å². The molecule has 5 aliphatic rings. The highest BCUT2D eigenvalue weighted by molar-refractivity contribution is 7.90. The molecule has 0 aromatic heterocycles. The van der Waals surface area contributed by atoms with E-state index in [9.17, 15) is 32.4 Å². The molecule has 0 spiro atoms. The largest absolute Gasteiger partial charge is 0.444 e. The number of hydrogen-bond acceptors (Lipinski definition) is 8. The van der Waals surface area contributed by atoms with Gasteiger partial charge in [0.1, 0.15) is 12.1 Å². The van der Waals surface area contributed by atoms with Crippen LogP contribution in [0.5, 0.6) is 0 Å². The zero-order valence-electron chi connectivity index (χ0n) is 29.2. The molecule has 3 fully saturated rings. The summed E-state index contributed by atoms with van der Waals surface area (Å²) >= 11 is 0. The van der Waals surface area contributed by atoms with Gasteiger partial charge in [0.05, 0.1) is 23.3 Å². The van der Waals surface area contributed by atoms with E-state index in [-0.39, 0.29) is 44.1 Å². The Hall–Kier alpha value is -3.74. The van der Waals surface area contributed by atoms with E-state index >= 15 is 0 Å². The first kappa shape index (κ1) is 36.1. The Morgan fingerprint density at radius 1 is 1.06 bits per heavy atom. The van der Waals surface area contributed by atoms with E-state index in [1.54, 1.807) is 11.0 Å². The van der Waals surface area contributed by atoms with Gasteiger partial charge >= 0.3 is 6.09 Å². The minimum absolute atomic E-state index is 0.0257. The van der Waals surface area contributed by atoms with Gasteiger partial charge in [0.25, 0.3) is 0 Å². The summed E-state index contributed by atoms with van der Waals surface area (Å²) in [5, 5.41) is 2.29. The van der Waals surface area contributed by atoms with Gasteiger partial charge in [-0.25, -0.2) is 13.2 Å². The number of carbonyl (C=O) groups excluding carboxylic acids is 5. The van der Waals surface area contributed by atoms with Crippen LogP contribution in [0.3, 0.4) is 0 Å². The van der Waals surface area contributed by atoms with Gasteiger partial charge in [0.2, 0.25) is 27.7 Å². The monoisotopic (exact) mass is 710 g/mol. The van der Waals surface area contributed by atoms with Gasteiger partial charge in [-0.2, -0.15) is 0 Å². The van der Waals surface area contributed by atoms with Crippen LogP contribution < -0.4 is 10.0 Å². The minimum Gasteiger partial charge on any atom is -0.444 e. The number of allylic oxidation sites excluding steroid dienone is 1. The molecule has 4 bridgehead atoms. The van der Waals surface area contributed by atoms with Crippen LogP contribution in [-0.4, -0.2) is 77.8 Å². The number of hydrogen-bond donors (Lipinski definition) is 2. The number of carbonyl (C=O) groups is 5. The summed E-state index contributed by atoms with van der Waals surface area (Å²) in [6.45, 7) is 8.22. The van der Waals surface area contributed by atoms with Crippen molar-refractivity contribution < 1.29 is 37.1 Å². The Morgan fingerprint density at radius 3 is 2.44 bits per heavy atom. The van der Waals surface area contributed by atoms with E-state index in [2.05, 4.69) is 22.7 Å². The van der Waals surface area contributed by atoms with E-state index in [0.29, 0.717) is 32.4 Å². The molecule has 50 heavy (non-hydrogen) atoms. The molecule has 2 N–H and O–H groups in total. The zero-order valence-corrected chi connectivity index (χ0v) is 30.0. The summed E-state index contributed by atoms with van der Waals surface area (Å²) in [7, 11) is -3.84. The molecule has 1 aromatic rings. The number of Topliss-reactive ketones (excluding diaryl/α,β-unsaturated/α-hetero) is 1. The zero-order chi connectivity index (χ0) is 35.8. The van der Waals surface area contributed by atoms with Crippen LogP contribution in [-0.2, 0) is 53.4 Å². The first-order valence-corrected chi connectivity index (χ1v) is 19.7. The third-order valence-corrected chi connectivity index (χ3v) is 13.0. The Balaban J connectivity index is 1.24. The number of ketones is 1. The summed E-state index contributed by atoms with van der Waals surface area (Å²) in [5.41, 5.74) is 2.15. The Kier molecular flexibility index (Phi) is 10.4. The fourth-order valence-electron chi connectivity index (χ4n) is 7.88. The molecule has 6 rings (SSSR count). The summed E-state index contributed by atoms with van der Waals surface area (Å²) in [5.74, 6) is -2.54. The van der Waals surface area contributed by atoms with E-state index in [1.807, 2.05) is 26.0 Å². The smallest absolute Gasteiger partial charge is 0.410 e. The third kappa shape index (κ3) is 7.62. The number of fused-ring (bicyclic) bond motifs is 3. The van der Waals surface area contributed by atoms with E-state index in [1.165, 1.54) is 10.5 Å². The molecule has 2 saturated carbocycles. The number of ether oxygens (including phenoxy) is 1. The Labute approximate surface area is 294 Å². The van der Waals surface area contributed by atoms with Crippen molar-refractivity contribution in [3.05, 3.63) is 47.5 Å². The lowest BCUT2D eigenvalue weighted by atomic mass is 9.91. The molecular formula is C37H50N4O8S. The maximum Gasteiger partial charge on any atom is 0.410 e. The van der Waals surface area contributed by atoms with Crippen LogP contribution in [0.1, 0.15) is 101 Å². The molecule has 0 radical (unpaired) electrons. The van der Waals surface area contributed by atoms with Crippen LogP contribution in [0.2, 0.25) is 0 Å². The average Bonchev–Trinajstić information content (AvgIpc) is 3.96. The molecule has 13 heteroatoms. The lowest BCUT2D eigenvalue weighted by Crippen LogP contribution is -2.54. The summed E-state index contributed by atoms with van der Waals surface area (Å²) in [6, 6.07) is 4.21. The normalized spacial score (nSPS) is 29.3. The molecule has 5 atom stereocenters. The number of nitrogens with zero attached hydrogens (tertiary/aromatic N) is 2. The molecule has 12 nitrogen and oxygen atoms in total. The van der Waals surface area contributed by atoms with Crippen molar-refractivity contribution in [1.29, 1.82) is 0 Å². The predicted octanol–water partition coefficient (Wildman–Crippen LogP) is 3.91. The number of rotatable bonds is 8. The molecular weight excluding hydrogens is 660 g/mol. The standard InChI is InChI=1S/C37H50N4O8S/c1-4-26-18-37(26,35(45)39-50(47,48)28-15-16-28)19-31(42)30-17-27-21-41(30)34(44)33(23(2)3)38-32(43)14-9-7-5-6-8-11-24-12-10-13-25-20-40(22-29(24)25)36(46)49-27/h4,10,12-13,23,26-28,30,33H,1,5-9,11,14-22H2,2-3H3,(H,38,43)(H,39,45)/t26-,27-,30+,33+,37-/m1/s1. The van der Waals surface area contributed by atoms with Gasteiger partial charge in [-0.05, 0) is 67.1 Å². The van der Waals surface area contributed by atoms with Gasteiger partial charge < -0.3 is 15.0 Å². The van der Waals surface area contributed by atoms with Gasteiger partial charge in [0, 0.05) is 32.4 Å². The number of sulfonamides is 1. The summed E-state index contributed by atoms with van der Waals surface area (Å²) < 4.78 is 33.5. The number of nitrogens with one attached hydrogen (secondary N) is 2.